The first-order valence-corrected chi connectivity index (χ1v) is 9.96. The Bertz CT molecular complexity index is 902. The summed E-state index contributed by atoms with van der Waals surface area (Å²) in [6, 6.07) is 2.91. The number of carbonyl (C=O) groups excluding carboxylic acids is 3. The lowest BCUT2D eigenvalue weighted by molar-refractivity contribution is -0.205. The molecule has 0 unspecified atom stereocenters. The zero-order chi connectivity index (χ0) is 23.9. The van der Waals surface area contributed by atoms with Gasteiger partial charge in [0.25, 0.3) is 0 Å². The quantitative estimate of drug-likeness (QED) is 0.521. The molecule has 1 aromatic carbocycles. The Morgan fingerprint density at radius 1 is 1.25 bits per heavy atom. The highest BCUT2D eigenvalue weighted by Gasteiger charge is 2.72. The summed E-state index contributed by atoms with van der Waals surface area (Å²) in [5.74, 6) is -1.09. The minimum atomic E-state index is -4.68. The summed E-state index contributed by atoms with van der Waals surface area (Å²) in [5, 5.41) is 4.78. The molecule has 13 heteroatoms. The number of nitrogens with zero attached hydrogens (tertiary/aromatic N) is 1. The predicted octanol–water partition coefficient (Wildman–Crippen LogP) is 2.83. The zero-order valence-corrected chi connectivity index (χ0v) is 17.6. The molecule has 1 aromatic rings. The summed E-state index contributed by atoms with van der Waals surface area (Å²) >= 11 is 5.88. The second-order valence-corrected chi connectivity index (χ2v) is 8.66. The van der Waals surface area contributed by atoms with Gasteiger partial charge in [-0.15, -0.1) is 0 Å². The van der Waals surface area contributed by atoms with E-state index in [9.17, 15) is 31.9 Å². The maximum atomic E-state index is 13.7. The molecule has 0 aliphatic heterocycles. The van der Waals surface area contributed by atoms with Crippen molar-refractivity contribution in [1.82, 2.24) is 15.5 Å². The van der Waals surface area contributed by atoms with Gasteiger partial charge >= 0.3 is 18.3 Å². The van der Waals surface area contributed by atoms with Gasteiger partial charge in [0.05, 0.1) is 17.6 Å². The van der Waals surface area contributed by atoms with Crippen molar-refractivity contribution in [3.63, 3.8) is 0 Å². The van der Waals surface area contributed by atoms with Crippen LogP contribution in [0.1, 0.15) is 31.7 Å². The third-order valence-electron chi connectivity index (χ3n) is 5.66. The number of amides is 4. The molecule has 0 radical (unpaired) electrons. The summed E-state index contributed by atoms with van der Waals surface area (Å²) < 4.78 is 55.8. The molecule has 8 nitrogen and oxygen atoms in total. The second-order valence-electron chi connectivity index (χ2n) is 8.22. The fraction of sp³-hybridized carbons (Fsp3) is 0.526. The van der Waals surface area contributed by atoms with Crippen LogP contribution >= 0.6 is 11.6 Å². The van der Waals surface area contributed by atoms with Crippen molar-refractivity contribution in [1.29, 1.82) is 0 Å². The number of urea groups is 1. The number of nitrogens with two attached hydrogens (primary N) is 1. The molecule has 3 saturated carbocycles. The van der Waals surface area contributed by atoms with E-state index in [0.717, 1.165) is 13.0 Å². The van der Waals surface area contributed by atoms with E-state index >= 15 is 0 Å². The zero-order valence-electron chi connectivity index (χ0n) is 16.9. The number of hydrogen-bond acceptors (Lipinski definition) is 4. The number of alkyl halides is 3. The Morgan fingerprint density at radius 2 is 1.88 bits per heavy atom. The first-order chi connectivity index (χ1) is 14.7. The molecular formula is C19H21ClF4N4O4. The van der Waals surface area contributed by atoms with E-state index in [2.05, 4.69) is 15.4 Å². The molecule has 4 amide bonds. The minimum absolute atomic E-state index is 0.0254. The Labute approximate surface area is 185 Å². The van der Waals surface area contributed by atoms with Crippen LogP contribution in [0.3, 0.4) is 0 Å². The largest absolute Gasteiger partial charge is 0.437 e. The van der Waals surface area contributed by atoms with Crippen LogP contribution in [0.5, 0.6) is 0 Å². The van der Waals surface area contributed by atoms with Gasteiger partial charge in [0.2, 0.25) is 5.91 Å². The van der Waals surface area contributed by atoms with Gasteiger partial charge in [0.1, 0.15) is 5.82 Å². The first kappa shape index (κ1) is 23.9. The number of ether oxygens (including phenoxy) is 1. The van der Waals surface area contributed by atoms with Crippen LogP contribution in [0.15, 0.2) is 18.2 Å². The van der Waals surface area contributed by atoms with Gasteiger partial charge in [-0.1, -0.05) is 11.6 Å². The Kier molecular flexibility index (Phi) is 6.20. The van der Waals surface area contributed by atoms with Crippen molar-refractivity contribution in [2.45, 2.75) is 56.1 Å². The molecule has 0 heterocycles. The van der Waals surface area contributed by atoms with Gasteiger partial charge in [-0.3, -0.25) is 4.79 Å². The standard InChI is InChI=1S/C19H21ClF4N4O4/c1-10(19(22,23)24)32-16(31)27-17-7-18(8-17,9-17)28(14(29)5-26-15(25)30)6-11-2-12(20)4-13(21)3-11/h2-4,10H,5-9H2,1H3,(H,27,31)(H3,25,26,30)/t10-,17?,18?/m1/s1. The van der Waals surface area contributed by atoms with Crippen LogP contribution in [0.4, 0.5) is 27.2 Å². The lowest BCUT2D eigenvalue weighted by Gasteiger charge is -2.73. The summed E-state index contributed by atoms with van der Waals surface area (Å²) in [5.41, 5.74) is 3.92. The van der Waals surface area contributed by atoms with Gasteiger partial charge in [0, 0.05) is 11.6 Å². The number of alkyl carbamates (subject to hydrolysis) is 1. The third-order valence-corrected chi connectivity index (χ3v) is 5.88. The van der Waals surface area contributed by atoms with E-state index in [0.29, 0.717) is 5.56 Å². The van der Waals surface area contributed by atoms with E-state index in [1.165, 1.54) is 17.0 Å². The molecule has 32 heavy (non-hydrogen) atoms. The molecule has 3 fully saturated rings. The molecule has 3 aliphatic rings. The summed E-state index contributed by atoms with van der Waals surface area (Å²) in [7, 11) is 0. The molecule has 0 aromatic heterocycles. The van der Waals surface area contributed by atoms with E-state index in [4.69, 9.17) is 17.3 Å². The topological polar surface area (TPSA) is 114 Å². The lowest BCUT2D eigenvalue weighted by atomic mass is 9.43. The number of halogens is 5. The van der Waals surface area contributed by atoms with E-state index in [1.54, 1.807) is 0 Å². The highest BCUT2D eigenvalue weighted by molar-refractivity contribution is 6.30. The summed E-state index contributed by atoms with van der Waals surface area (Å²) in [4.78, 5) is 37.0. The van der Waals surface area contributed by atoms with Crippen LogP contribution in [-0.2, 0) is 16.1 Å². The molecule has 4 rings (SSSR count). The second kappa shape index (κ2) is 8.30. The fourth-order valence-electron chi connectivity index (χ4n) is 4.29. The molecule has 3 aliphatic carbocycles. The lowest BCUT2D eigenvalue weighted by Crippen LogP contribution is -2.84. The van der Waals surface area contributed by atoms with Crippen LogP contribution in [0.25, 0.3) is 0 Å². The maximum absolute atomic E-state index is 13.7. The molecule has 0 saturated heterocycles. The SMILES string of the molecule is C[C@@H](OC(=O)NC12CC(N(Cc3cc(F)cc(Cl)c3)C(=O)CNC(N)=O)(C1)C2)C(F)(F)F. The highest BCUT2D eigenvalue weighted by atomic mass is 35.5. The molecule has 2 bridgehead atoms. The van der Waals surface area contributed by atoms with Gasteiger partial charge in [0.15, 0.2) is 6.10 Å². The van der Waals surface area contributed by atoms with Crippen LogP contribution < -0.4 is 16.4 Å². The van der Waals surface area contributed by atoms with Crippen LogP contribution in [0.2, 0.25) is 5.02 Å². The third kappa shape index (κ3) is 5.00. The molecule has 176 valence electrons. The molecule has 4 N–H and O–H groups in total. The monoisotopic (exact) mass is 480 g/mol. The Hall–Kier alpha value is -2.76. The predicted molar refractivity (Wildman–Crippen MR) is 104 cm³/mol. The first-order valence-electron chi connectivity index (χ1n) is 9.58. The number of rotatable bonds is 7. The summed E-state index contributed by atoms with van der Waals surface area (Å²) in [6.45, 7) is 0.299. The fourth-order valence-corrected chi connectivity index (χ4v) is 4.53. The Morgan fingerprint density at radius 3 is 2.41 bits per heavy atom. The summed E-state index contributed by atoms with van der Waals surface area (Å²) in [6.07, 6.45) is -7.35. The highest BCUT2D eigenvalue weighted by Crippen LogP contribution is 2.64. The van der Waals surface area contributed by atoms with Gasteiger partial charge in [-0.05, 0) is 49.9 Å². The number of nitrogens with one attached hydrogen (secondary N) is 2. The minimum Gasteiger partial charge on any atom is -0.437 e. The van der Waals surface area contributed by atoms with E-state index < -0.39 is 53.8 Å². The number of carbonyl (C=O) groups is 3. The average molecular weight is 481 g/mol. The van der Waals surface area contributed by atoms with Crippen molar-refractivity contribution < 1.29 is 36.7 Å². The molecule has 1 atom stereocenters. The van der Waals surface area contributed by atoms with Gasteiger partial charge < -0.3 is 26.0 Å². The van der Waals surface area contributed by atoms with Crippen LogP contribution in [0, 0.1) is 5.82 Å². The van der Waals surface area contributed by atoms with Crippen molar-refractivity contribution in [2.24, 2.45) is 5.73 Å². The van der Waals surface area contributed by atoms with Crippen molar-refractivity contribution in [3.05, 3.63) is 34.6 Å². The number of primary amides is 1. The van der Waals surface area contributed by atoms with Crippen molar-refractivity contribution in [2.75, 3.05) is 6.54 Å². The van der Waals surface area contributed by atoms with Crippen molar-refractivity contribution in [3.8, 4) is 0 Å². The average Bonchev–Trinajstić information content (AvgIpc) is 2.58. The number of hydrogen-bond donors (Lipinski definition) is 3. The van der Waals surface area contributed by atoms with Gasteiger partial charge in [-0.2, -0.15) is 13.2 Å². The maximum Gasteiger partial charge on any atom is 0.425 e. The van der Waals surface area contributed by atoms with E-state index in [-0.39, 0.29) is 30.8 Å². The smallest absolute Gasteiger partial charge is 0.425 e. The Balaban J connectivity index is 1.67. The van der Waals surface area contributed by atoms with E-state index in [1.807, 2.05) is 0 Å². The van der Waals surface area contributed by atoms with Gasteiger partial charge in [-0.25, -0.2) is 14.0 Å². The molecular weight excluding hydrogens is 460 g/mol. The van der Waals surface area contributed by atoms with Crippen molar-refractivity contribution >= 4 is 29.6 Å². The van der Waals surface area contributed by atoms with Crippen LogP contribution in [-0.4, -0.2) is 52.8 Å². The normalized spacial score (nSPS) is 24.4. The molecule has 0 spiro atoms. The number of benzene rings is 1.